The van der Waals surface area contributed by atoms with Gasteiger partial charge < -0.3 is 10.3 Å². The first kappa shape index (κ1) is 19.1. The Kier molecular flexibility index (Phi) is 5.62. The van der Waals surface area contributed by atoms with Crippen LogP contribution in [0, 0.1) is 13.8 Å². The van der Waals surface area contributed by atoms with Crippen LogP contribution in [0.2, 0.25) is 0 Å². The first-order valence-electron chi connectivity index (χ1n) is 8.75. The molecule has 0 fully saturated rings. The van der Waals surface area contributed by atoms with Gasteiger partial charge in [0, 0.05) is 23.6 Å². The van der Waals surface area contributed by atoms with Gasteiger partial charge in [-0.25, -0.2) is 13.1 Å². The van der Waals surface area contributed by atoms with Crippen LogP contribution in [0.15, 0.2) is 53.6 Å². The molecule has 0 aliphatic carbocycles. The summed E-state index contributed by atoms with van der Waals surface area (Å²) in [6.45, 7) is 3.79. The first-order valence-corrected chi connectivity index (χ1v) is 10.2. The van der Waals surface area contributed by atoms with E-state index in [2.05, 4.69) is 15.0 Å². The molecule has 1 heterocycles. The van der Waals surface area contributed by atoms with Crippen molar-refractivity contribution in [2.75, 3.05) is 13.1 Å². The van der Waals surface area contributed by atoms with Crippen molar-refractivity contribution >= 4 is 26.8 Å². The Bertz CT molecular complexity index is 1070. The minimum Gasteiger partial charge on any atom is -0.361 e. The highest BCUT2D eigenvalue weighted by Crippen LogP contribution is 2.18. The molecule has 3 rings (SSSR count). The van der Waals surface area contributed by atoms with Gasteiger partial charge >= 0.3 is 0 Å². The lowest BCUT2D eigenvalue weighted by atomic mass is 10.1. The van der Waals surface area contributed by atoms with E-state index in [1.54, 1.807) is 25.1 Å². The van der Waals surface area contributed by atoms with E-state index in [9.17, 15) is 13.2 Å². The third kappa shape index (κ3) is 4.56. The van der Waals surface area contributed by atoms with Gasteiger partial charge in [-0.1, -0.05) is 35.9 Å². The second kappa shape index (κ2) is 7.94. The third-order valence-corrected chi connectivity index (χ3v) is 6.00. The molecule has 1 aromatic heterocycles. The van der Waals surface area contributed by atoms with Crippen molar-refractivity contribution in [3.05, 3.63) is 65.4 Å². The zero-order valence-electron chi connectivity index (χ0n) is 15.4. The Morgan fingerprint density at radius 1 is 1.11 bits per heavy atom. The Hall–Kier alpha value is -2.64. The van der Waals surface area contributed by atoms with Crippen LogP contribution < -0.4 is 10.0 Å². The fourth-order valence-corrected chi connectivity index (χ4v) is 4.28. The number of fused-ring (bicyclic) bond motifs is 1. The van der Waals surface area contributed by atoms with E-state index in [-0.39, 0.29) is 17.3 Å². The number of amides is 1. The van der Waals surface area contributed by atoms with E-state index < -0.39 is 10.0 Å². The highest BCUT2D eigenvalue weighted by Gasteiger charge is 2.17. The van der Waals surface area contributed by atoms with Crippen LogP contribution in [0.1, 0.15) is 16.7 Å². The van der Waals surface area contributed by atoms with Gasteiger partial charge in [-0.2, -0.15) is 0 Å². The number of nitrogens with one attached hydrogen (secondary N) is 3. The molecule has 27 heavy (non-hydrogen) atoms. The Morgan fingerprint density at radius 2 is 1.89 bits per heavy atom. The summed E-state index contributed by atoms with van der Waals surface area (Å²) in [7, 11) is -3.72. The molecule has 0 atom stereocenters. The molecule has 0 unspecified atom stereocenters. The first-order chi connectivity index (χ1) is 12.9. The van der Waals surface area contributed by atoms with Crippen LogP contribution in [-0.4, -0.2) is 32.4 Å². The molecule has 0 saturated carbocycles. The second-order valence-electron chi connectivity index (χ2n) is 6.55. The molecule has 6 nitrogen and oxygen atoms in total. The predicted octanol–water partition coefficient (Wildman–Crippen LogP) is 2.42. The van der Waals surface area contributed by atoms with E-state index in [1.165, 1.54) is 0 Å². The number of aromatic nitrogens is 1. The number of hydrogen-bond acceptors (Lipinski definition) is 3. The van der Waals surface area contributed by atoms with Crippen molar-refractivity contribution in [3.8, 4) is 0 Å². The third-order valence-electron chi connectivity index (χ3n) is 4.43. The van der Waals surface area contributed by atoms with Gasteiger partial charge in [0.25, 0.3) is 0 Å². The molecule has 7 heteroatoms. The number of carbonyl (C=O) groups excluding carboxylic acids is 1. The molecule has 2 aromatic carbocycles. The summed E-state index contributed by atoms with van der Waals surface area (Å²) in [5.41, 5.74) is 3.81. The lowest BCUT2D eigenvalue weighted by Gasteiger charge is -2.10. The summed E-state index contributed by atoms with van der Waals surface area (Å²) >= 11 is 0. The number of rotatable bonds is 7. The molecule has 0 aliphatic heterocycles. The number of para-hydroxylation sites is 1. The van der Waals surface area contributed by atoms with Crippen LogP contribution in [-0.2, 0) is 21.2 Å². The number of hydrogen-bond donors (Lipinski definition) is 3. The van der Waals surface area contributed by atoms with Crippen molar-refractivity contribution in [3.63, 3.8) is 0 Å². The fraction of sp³-hybridized carbons (Fsp3) is 0.250. The van der Waals surface area contributed by atoms with Gasteiger partial charge in [-0.15, -0.1) is 0 Å². The average molecular weight is 385 g/mol. The summed E-state index contributed by atoms with van der Waals surface area (Å²) in [5.74, 6) is -0.358. The minimum absolute atomic E-state index is 0.194. The second-order valence-corrected chi connectivity index (χ2v) is 8.29. The van der Waals surface area contributed by atoms with Crippen molar-refractivity contribution in [2.24, 2.45) is 0 Å². The maximum atomic E-state index is 12.4. The molecule has 0 radical (unpaired) electrons. The Labute approximate surface area is 159 Å². The fourth-order valence-electron chi connectivity index (χ4n) is 3.08. The van der Waals surface area contributed by atoms with Crippen molar-refractivity contribution in [1.29, 1.82) is 0 Å². The lowest BCUT2D eigenvalue weighted by Crippen LogP contribution is -2.37. The SMILES string of the molecule is Cc1ccc(S(=O)(=O)NCC(=O)NCCc2c[nH]c3ccccc23)c(C)c1. The monoisotopic (exact) mass is 385 g/mol. The summed E-state index contributed by atoms with van der Waals surface area (Å²) in [6.07, 6.45) is 2.60. The van der Waals surface area contributed by atoms with Crippen molar-refractivity contribution < 1.29 is 13.2 Å². The van der Waals surface area contributed by atoms with Crippen molar-refractivity contribution in [1.82, 2.24) is 15.0 Å². The topological polar surface area (TPSA) is 91.1 Å². The maximum absolute atomic E-state index is 12.4. The normalized spacial score (nSPS) is 11.6. The molecule has 1 amide bonds. The van der Waals surface area contributed by atoms with Gasteiger partial charge in [-0.3, -0.25) is 4.79 Å². The van der Waals surface area contributed by atoms with Gasteiger partial charge in [0.15, 0.2) is 0 Å². The summed E-state index contributed by atoms with van der Waals surface area (Å²) < 4.78 is 27.1. The van der Waals surface area contributed by atoms with Gasteiger partial charge in [0.2, 0.25) is 15.9 Å². The lowest BCUT2D eigenvalue weighted by molar-refractivity contribution is -0.119. The predicted molar refractivity (Wildman–Crippen MR) is 106 cm³/mol. The summed E-state index contributed by atoms with van der Waals surface area (Å²) in [4.78, 5) is 15.4. The van der Waals surface area contributed by atoms with E-state index in [0.29, 0.717) is 18.5 Å². The highest BCUT2D eigenvalue weighted by molar-refractivity contribution is 7.89. The van der Waals surface area contributed by atoms with Crippen LogP contribution in [0.4, 0.5) is 0 Å². The van der Waals surface area contributed by atoms with E-state index >= 15 is 0 Å². The average Bonchev–Trinajstić information content (AvgIpc) is 3.03. The largest absolute Gasteiger partial charge is 0.361 e. The van der Waals surface area contributed by atoms with E-state index in [0.717, 1.165) is 22.0 Å². The van der Waals surface area contributed by atoms with Crippen LogP contribution in [0.3, 0.4) is 0 Å². The Morgan fingerprint density at radius 3 is 2.67 bits per heavy atom. The molecule has 3 aromatic rings. The number of H-pyrrole nitrogens is 1. The number of carbonyl (C=O) groups is 1. The zero-order valence-corrected chi connectivity index (χ0v) is 16.2. The van der Waals surface area contributed by atoms with Crippen LogP contribution >= 0.6 is 0 Å². The molecule has 0 aliphatic rings. The molecule has 142 valence electrons. The van der Waals surface area contributed by atoms with E-state index in [4.69, 9.17) is 0 Å². The summed E-state index contributed by atoms with van der Waals surface area (Å²) in [5, 5.41) is 3.88. The van der Waals surface area contributed by atoms with Gasteiger partial charge in [0.1, 0.15) is 0 Å². The molecular formula is C20H23N3O3S. The minimum atomic E-state index is -3.72. The number of aryl methyl sites for hydroxylation is 2. The van der Waals surface area contributed by atoms with Gasteiger partial charge in [0.05, 0.1) is 11.4 Å². The van der Waals surface area contributed by atoms with Gasteiger partial charge in [-0.05, 0) is 43.5 Å². The standard InChI is InChI=1S/C20H23N3O3S/c1-14-7-8-19(15(2)11-14)27(25,26)23-13-20(24)21-10-9-16-12-22-18-6-4-3-5-17(16)18/h3-8,11-12,22-23H,9-10,13H2,1-2H3,(H,21,24). The molecule has 0 spiro atoms. The highest BCUT2D eigenvalue weighted by atomic mass is 32.2. The number of sulfonamides is 1. The van der Waals surface area contributed by atoms with Crippen LogP contribution in [0.5, 0.6) is 0 Å². The zero-order chi connectivity index (χ0) is 19.4. The van der Waals surface area contributed by atoms with Crippen LogP contribution in [0.25, 0.3) is 10.9 Å². The molecular weight excluding hydrogens is 362 g/mol. The molecule has 0 saturated heterocycles. The quantitative estimate of drug-likeness (QED) is 0.583. The summed E-state index contributed by atoms with van der Waals surface area (Å²) in [6, 6.07) is 13.1. The number of benzene rings is 2. The Balaban J connectivity index is 1.52. The van der Waals surface area contributed by atoms with Crippen molar-refractivity contribution in [2.45, 2.75) is 25.2 Å². The molecule has 3 N–H and O–H groups in total. The smallest absolute Gasteiger partial charge is 0.241 e. The number of aromatic amines is 1. The molecule has 0 bridgehead atoms. The maximum Gasteiger partial charge on any atom is 0.241 e. The van der Waals surface area contributed by atoms with E-state index in [1.807, 2.05) is 37.4 Å².